The lowest BCUT2D eigenvalue weighted by Crippen LogP contribution is -2.17. The number of aliphatic carboxylic acids is 2. The van der Waals surface area contributed by atoms with E-state index in [0.29, 0.717) is 0 Å². The van der Waals surface area contributed by atoms with Crippen molar-refractivity contribution in [2.24, 2.45) is 0 Å². The van der Waals surface area contributed by atoms with Crippen LogP contribution in [0.5, 0.6) is 0 Å². The lowest BCUT2D eigenvalue weighted by molar-refractivity contribution is -0.165. The highest BCUT2D eigenvalue weighted by Gasteiger charge is 2.04. The number of carboxylic acids is 2. The summed E-state index contributed by atoms with van der Waals surface area (Å²) >= 11 is 0. The van der Waals surface area contributed by atoms with Gasteiger partial charge in [-0.1, -0.05) is 0 Å². The molecule has 0 aliphatic rings. The molecule has 5 N–H and O–H groups in total. The highest BCUT2D eigenvalue weighted by atomic mass is 16.5. The van der Waals surface area contributed by atoms with Crippen molar-refractivity contribution in [1.82, 2.24) is 0 Å². The Morgan fingerprint density at radius 3 is 1.17 bits per heavy atom. The van der Waals surface area contributed by atoms with Crippen LogP contribution in [0, 0.1) is 0 Å². The largest absolute Gasteiger partial charge is 0.479 e. The van der Waals surface area contributed by atoms with Crippen LogP contribution in [0.15, 0.2) is 0 Å². The maximum atomic E-state index is 9.45. The number of carboxylic acid groups (broad SMARTS) is 2. The molecule has 0 saturated carbocycles. The van der Waals surface area contributed by atoms with Crippen LogP contribution in [0.1, 0.15) is 6.92 Å². The van der Waals surface area contributed by atoms with E-state index in [2.05, 4.69) is 0 Å². The van der Waals surface area contributed by atoms with Crippen molar-refractivity contribution >= 4 is 11.9 Å². The molecule has 1 unspecified atom stereocenters. The summed E-state index contributed by atoms with van der Waals surface area (Å²) in [6, 6.07) is 0. The van der Waals surface area contributed by atoms with Crippen LogP contribution < -0.4 is 0 Å². The fraction of sp³-hybridized carbons (Fsp3) is 0.600. The van der Waals surface area contributed by atoms with E-state index in [-0.39, 0.29) is 0 Å². The fourth-order valence-electron chi connectivity index (χ4n) is 0. The van der Waals surface area contributed by atoms with Crippen LogP contribution in [0.25, 0.3) is 0 Å². The second-order valence-electron chi connectivity index (χ2n) is 1.73. The molecule has 0 spiro atoms. The predicted octanol–water partition coefficient (Wildman–Crippen LogP) is -2.17. The van der Waals surface area contributed by atoms with Crippen LogP contribution >= 0.6 is 0 Å². The minimum atomic E-state index is -2.23. The molecule has 0 aliphatic carbocycles. The Morgan fingerprint density at radius 2 is 1.17 bits per heavy atom. The number of carbonyl (C=O) groups is 2. The van der Waals surface area contributed by atoms with Crippen molar-refractivity contribution in [3.05, 3.63) is 0 Å². The van der Waals surface area contributed by atoms with Gasteiger partial charge in [-0.3, -0.25) is 0 Å². The monoisotopic (exact) mass is 182 g/mol. The smallest absolute Gasteiger partial charge is 0.360 e. The summed E-state index contributed by atoms with van der Waals surface area (Å²) in [7, 11) is 0. The number of aliphatic hydroxyl groups is 3. The Morgan fingerprint density at radius 1 is 1.00 bits per heavy atom. The van der Waals surface area contributed by atoms with Crippen molar-refractivity contribution < 1.29 is 35.1 Å². The van der Waals surface area contributed by atoms with Gasteiger partial charge in [-0.2, -0.15) is 0 Å². The third-order valence-electron chi connectivity index (χ3n) is 0.578. The molecule has 12 heavy (non-hydrogen) atoms. The van der Waals surface area contributed by atoms with E-state index in [9.17, 15) is 9.59 Å². The van der Waals surface area contributed by atoms with E-state index in [1.807, 2.05) is 0 Å². The van der Waals surface area contributed by atoms with E-state index in [4.69, 9.17) is 25.5 Å². The summed E-state index contributed by atoms with van der Waals surface area (Å²) in [4.78, 5) is 18.6. The average Bonchev–Trinajstić information content (AvgIpc) is 1.88. The quantitative estimate of drug-likeness (QED) is 0.307. The molecule has 1 atom stereocenters. The molecule has 7 nitrogen and oxygen atoms in total. The lowest BCUT2D eigenvalue weighted by atomic mass is 10.4. The molecule has 0 amide bonds. The molecule has 0 heterocycles. The number of hydrogen-bond donors (Lipinski definition) is 5. The topological polar surface area (TPSA) is 135 Å². The highest BCUT2D eigenvalue weighted by Crippen LogP contribution is 1.73. The van der Waals surface area contributed by atoms with Gasteiger partial charge >= 0.3 is 11.9 Å². The molecule has 0 aromatic heterocycles. The Kier molecular flexibility index (Phi) is 7.29. The first-order chi connectivity index (χ1) is 5.29. The normalized spacial score (nSPS) is 11.4. The second-order valence-corrected chi connectivity index (χ2v) is 1.73. The molecule has 0 bridgehead atoms. The summed E-state index contributed by atoms with van der Waals surface area (Å²) in [5.74, 6) is -2.81. The fourth-order valence-corrected chi connectivity index (χ4v) is 0. The van der Waals surface area contributed by atoms with Gasteiger partial charge in [0.1, 0.15) is 6.10 Å². The molecule has 0 rings (SSSR count). The summed E-state index contributed by atoms with van der Waals surface area (Å²) in [6.45, 7) is 1.20. The van der Waals surface area contributed by atoms with Gasteiger partial charge in [0.05, 0.1) is 0 Å². The second kappa shape index (κ2) is 6.53. The lowest BCUT2D eigenvalue weighted by Gasteiger charge is -1.89. The maximum Gasteiger partial charge on any atom is 0.360 e. The number of rotatable bonds is 2. The van der Waals surface area contributed by atoms with Crippen LogP contribution in [-0.4, -0.2) is 49.9 Å². The van der Waals surface area contributed by atoms with E-state index in [1.165, 1.54) is 6.92 Å². The van der Waals surface area contributed by atoms with Crippen molar-refractivity contribution in [3.8, 4) is 0 Å². The maximum absolute atomic E-state index is 9.45. The summed E-state index contributed by atoms with van der Waals surface area (Å²) in [5, 5.41) is 38.4. The first-order valence-electron chi connectivity index (χ1n) is 2.78. The standard InChI is InChI=1S/C3H6O3.C2H4O4/c1-2(4)3(5)6;3-1(4)2(5)6/h2,4H,1H3,(H,5,6);1,3-4H,(H,5,6). The van der Waals surface area contributed by atoms with E-state index in [1.54, 1.807) is 0 Å². The molecular formula is C5H10O7. The van der Waals surface area contributed by atoms with Gasteiger partial charge in [0.25, 0.3) is 6.29 Å². The first-order valence-corrected chi connectivity index (χ1v) is 2.78. The minimum absolute atomic E-state index is 1.19. The molecule has 0 fully saturated rings. The van der Waals surface area contributed by atoms with Gasteiger partial charge in [-0.15, -0.1) is 0 Å². The van der Waals surface area contributed by atoms with E-state index >= 15 is 0 Å². The van der Waals surface area contributed by atoms with Crippen LogP contribution in [0.2, 0.25) is 0 Å². The third kappa shape index (κ3) is 11.6. The molecule has 0 aliphatic heterocycles. The highest BCUT2D eigenvalue weighted by molar-refractivity contribution is 5.71. The predicted molar refractivity (Wildman–Crippen MR) is 35.2 cm³/mol. The number of aliphatic hydroxyl groups excluding tert-OH is 2. The minimum Gasteiger partial charge on any atom is -0.479 e. The van der Waals surface area contributed by atoms with E-state index < -0.39 is 24.3 Å². The third-order valence-corrected chi connectivity index (χ3v) is 0.578. The summed E-state index contributed by atoms with van der Waals surface area (Å²) < 4.78 is 0. The van der Waals surface area contributed by atoms with Crippen molar-refractivity contribution in [1.29, 1.82) is 0 Å². The van der Waals surface area contributed by atoms with Gasteiger partial charge in [0.15, 0.2) is 0 Å². The molecule has 0 aromatic carbocycles. The summed E-state index contributed by atoms with van der Waals surface area (Å²) in [5.41, 5.74) is 0. The van der Waals surface area contributed by atoms with E-state index in [0.717, 1.165) is 0 Å². The Hall–Kier alpha value is -1.18. The zero-order valence-corrected chi connectivity index (χ0v) is 6.21. The van der Waals surface area contributed by atoms with Crippen molar-refractivity contribution in [2.45, 2.75) is 19.3 Å². The molecule has 0 saturated heterocycles. The first kappa shape index (κ1) is 13.4. The molecule has 7 heteroatoms. The van der Waals surface area contributed by atoms with Gasteiger partial charge in [-0.05, 0) is 6.92 Å². The molecular weight excluding hydrogens is 172 g/mol. The SMILES string of the molecule is CC(O)C(=O)O.O=C(O)C(O)O. The van der Waals surface area contributed by atoms with Crippen LogP contribution in [-0.2, 0) is 9.59 Å². The van der Waals surface area contributed by atoms with Crippen molar-refractivity contribution in [3.63, 3.8) is 0 Å². The van der Waals surface area contributed by atoms with Crippen LogP contribution in [0.3, 0.4) is 0 Å². The zero-order valence-electron chi connectivity index (χ0n) is 6.21. The molecule has 72 valence electrons. The van der Waals surface area contributed by atoms with Crippen LogP contribution in [0.4, 0.5) is 0 Å². The Balaban J connectivity index is 0. The Labute approximate surface area is 67.5 Å². The molecule has 0 aromatic rings. The van der Waals surface area contributed by atoms with Crippen molar-refractivity contribution in [2.75, 3.05) is 0 Å². The zero-order chi connectivity index (χ0) is 10.3. The van der Waals surface area contributed by atoms with Gasteiger partial charge in [-0.25, -0.2) is 9.59 Å². The van der Waals surface area contributed by atoms with Gasteiger partial charge in [0, 0.05) is 0 Å². The number of hydrogen-bond acceptors (Lipinski definition) is 5. The van der Waals surface area contributed by atoms with Gasteiger partial charge in [0.2, 0.25) is 0 Å². The average molecular weight is 182 g/mol. The summed E-state index contributed by atoms with van der Waals surface area (Å²) in [6.07, 6.45) is -3.46. The molecule has 0 radical (unpaired) electrons. The Bertz CT molecular complexity index is 132. The van der Waals surface area contributed by atoms with Gasteiger partial charge < -0.3 is 25.5 Å².